The van der Waals surface area contributed by atoms with Crippen LogP contribution in [0, 0.1) is 0 Å². The molecule has 1 aromatic heterocycles. The first-order chi connectivity index (χ1) is 13.1. The minimum Gasteiger partial charge on any atom is -0.502 e. The van der Waals surface area contributed by atoms with E-state index in [1.807, 2.05) is 30.3 Å². The lowest BCUT2D eigenvalue weighted by atomic mass is 10.1. The molecule has 6 heteroatoms. The molecule has 0 aliphatic rings. The Morgan fingerprint density at radius 2 is 1.68 bits per heavy atom. The zero-order chi connectivity index (χ0) is 18.8. The van der Waals surface area contributed by atoms with Gasteiger partial charge in [-0.1, -0.05) is 30.3 Å². The van der Waals surface area contributed by atoms with Crippen molar-refractivity contribution in [2.75, 3.05) is 5.73 Å². The van der Waals surface area contributed by atoms with Crippen LogP contribution >= 0.6 is 12.4 Å². The van der Waals surface area contributed by atoms with Crippen molar-refractivity contribution in [2.45, 2.75) is 6.61 Å². The highest BCUT2D eigenvalue weighted by Crippen LogP contribution is 2.31. The number of halogens is 1. The van der Waals surface area contributed by atoms with Crippen molar-refractivity contribution in [1.82, 2.24) is 0 Å². The Bertz CT molecular complexity index is 1150. The summed E-state index contributed by atoms with van der Waals surface area (Å²) in [5, 5.41) is 10.5. The first-order valence-electron chi connectivity index (χ1n) is 8.44. The first-order valence-corrected chi connectivity index (χ1v) is 8.44. The van der Waals surface area contributed by atoms with Crippen LogP contribution in [-0.2, 0) is 6.61 Å². The van der Waals surface area contributed by atoms with Gasteiger partial charge in [0.2, 0.25) is 11.2 Å². The molecule has 5 nitrogen and oxygen atoms in total. The molecule has 3 N–H and O–H groups in total. The second kappa shape index (κ2) is 8.06. The van der Waals surface area contributed by atoms with Crippen LogP contribution in [0.2, 0.25) is 0 Å². The first kappa shape index (κ1) is 19.3. The van der Waals surface area contributed by atoms with Gasteiger partial charge in [0.25, 0.3) is 0 Å². The number of fused-ring (bicyclic) bond motifs is 1. The number of hydrogen-bond acceptors (Lipinski definition) is 5. The van der Waals surface area contributed by atoms with Gasteiger partial charge in [0.05, 0.1) is 5.39 Å². The topological polar surface area (TPSA) is 85.7 Å². The monoisotopic (exact) mass is 395 g/mol. The molecule has 0 bridgehead atoms. The third-order valence-electron chi connectivity index (χ3n) is 4.26. The van der Waals surface area contributed by atoms with Gasteiger partial charge < -0.3 is 20.0 Å². The number of hydrogen-bond donors (Lipinski definition) is 2. The van der Waals surface area contributed by atoms with E-state index in [1.165, 1.54) is 6.07 Å². The maximum Gasteiger partial charge on any atom is 0.235 e. The lowest BCUT2D eigenvalue weighted by Gasteiger charge is -2.09. The van der Waals surface area contributed by atoms with Crippen molar-refractivity contribution >= 4 is 29.1 Å². The molecule has 142 valence electrons. The lowest BCUT2D eigenvalue weighted by molar-refractivity contribution is 0.306. The highest BCUT2D eigenvalue weighted by Gasteiger charge is 2.15. The molecule has 0 atom stereocenters. The van der Waals surface area contributed by atoms with Crippen LogP contribution in [0.4, 0.5) is 5.69 Å². The molecule has 0 spiro atoms. The second-order valence-electron chi connectivity index (χ2n) is 6.16. The van der Waals surface area contributed by atoms with E-state index < -0.39 is 11.2 Å². The molecule has 0 saturated heterocycles. The predicted octanol–water partition coefficient (Wildman–Crippen LogP) is 4.75. The standard InChI is InChI=1S/C22H17NO4.ClH/c23-16-8-11-19-18(12-16)20(24)21(25)22(27-19)15-6-9-17(10-7-15)26-13-14-4-2-1-3-5-14;/h1-12,25H,13,23H2;1H. The fourth-order valence-electron chi connectivity index (χ4n) is 2.84. The fourth-order valence-corrected chi connectivity index (χ4v) is 2.84. The SMILES string of the molecule is Cl.Nc1ccc2oc(-c3ccc(OCc4ccccc4)cc3)c(O)c(=O)c2c1. The average Bonchev–Trinajstić information content (AvgIpc) is 2.71. The smallest absolute Gasteiger partial charge is 0.235 e. The maximum absolute atomic E-state index is 12.4. The normalized spacial score (nSPS) is 10.4. The summed E-state index contributed by atoms with van der Waals surface area (Å²) in [7, 11) is 0. The third-order valence-corrected chi connectivity index (χ3v) is 4.26. The molecule has 0 unspecified atom stereocenters. The van der Waals surface area contributed by atoms with Gasteiger partial charge in [-0.15, -0.1) is 12.4 Å². The minimum absolute atomic E-state index is 0. The Morgan fingerprint density at radius 3 is 2.39 bits per heavy atom. The van der Waals surface area contributed by atoms with E-state index in [0.29, 0.717) is 29.2 Å². The van der Waals surface area contributed by atoms with Gasteiger partial charge in [-0.3, -0.25) is 4.79 Å². The van der Waals surface area contributed by atoms with E-state index in [0.717, 1.165) is 5.56 Å². The van der Waals surface area contributed by atoms with Gasteiger partial charge in [0.15, 0.2) is 5.76 Å². The molecular weight excluding hydrogens is 378 g/mol. The van der Waals surface area contributed by atoms with Gasteiger partial charge in [-0.25, -0.2) is 0 Å². The zero-order valence-electron chi connectivity index (χ0n) is 14.8. The number of nitrogen functional groups attached to an aromatic ring is 1. The van der Waals surface area contributed by atoms with Crippen LogP contribution in [-0.4, -0.2) is 5.11 Å². The molecule has 3 aromatic carbocycles. The van der Waals surface area contributed by atoms with Crippen LogP contribution in [0.3, 0.4) is 0 Å². The summed E-state index contributed by atoms with van der Waals surface area (Å²) in [4.78, 5) is 12.4. The van der Waals surface area contributed by atoms with E-state index in [9.17, 15) is 9.90 Å². The molecule has 0 amide bonds. The van der Waals surface area contributed by atoms with Crippen molar-refractivity contribution in [2.24, 2.45) is 0 Å². The Morgan fingerprint density at radius 1 is 0.964 bits per heavy atom. The van der Waals surface area contributed by atoms with Crippen LogP contribution in [0.25, 0.3) is 22.3 Å². The van der Waals surface area contributed by atoms with Gasteiger partial charge in [-0.05, 0) is 48.0 Å². The number of anilines is 1. The van der Waals surface area contributed by atoms with Crippen molar-refractivity contribution in [3.63, 3.8) is 0 Å². The zero-order valence-corrected chi connectivity index (χ0v) is 15.6. The summed E-state index contributed by atoms with van der Waals surface area (Å²) < 4.78 is 11.5. The quantitative estimate of drug-likeness (QED) is 0.487. The van der Waals surface area contributed by atoms with E-state index in [4.69, 9.17) is 14.9 Å². The molecule has 0 radical (unpaired) electrons. The summed E-state index contributed by atoms with van der Waals surface area (Å²) in [5.41, 5.74) is 7.64. The Balaban J connectivity index is 0.00000225. The van der Waals surface area contributed by atoms with Gasteiger partial charge in [0.1, 0.15) is 17.9 Å². The molecular formula is C22H18ClNO4. The Hall–Kier alpha value is -3.44. The number of nitrogens with two attached hydrogens (primary N) is 1. The second-order valence-corrected chi connectivity index (χ2v) is 6.16. The van der Waals surface area contributed by atoms with Crippen molar-refractivity contribution in [1.29, 1.82) is 0 Å². The molecule has 1 heterocycles. The minimum atomic E-state index is -0.511. The van der Waals surface area contributed by atoms with Crippen molar-refractivity contribution in [3.05, 3.63) is 88.6 Å². The number of ether oxygens (including phenoxy) is 1. The maximum atomic E-state index is 12.4. The summed E-state index contributed by atoms with van der Waals surface area (Å²) in [5.74, 6) is 0.357. The molecule has 0 aliphatic heterocycles. The van der Waals surface area contributed by atoms with E-state index >= 15 is 0 Å². The van der Waals surface area contributed by atoms with Crippen LogP contribution in [0.15, 0.2) is 82.0 Å². The summed E-state index contributed by atoms with van der Waals surface area (Å²) >= 11 is 0. The Labute approximate surface area is 167 Å². The number of aromatic hydroxyl groups is 1. The van der Waals surface area contributed by atoms with Crippen LogP contribution in [0.5, 0.6) is 11.5 Å². The highest BCUT2D eigenvalue weighted by molar-refractivity contribution is 5.85. The van der Waals surface area contributed by atoms with E-state index in [2.05, 4.69) is 0 Å². The molecule has 4 rings (SSSR count). The van der Waals surface area contributed by atoms with E-state index in [-0.39, 0.29) is 23.6 Å². The summed E-state index contributed by atoms with van der Waals surface area (Å²) in [6, 6.07) is 21.6. The van der Waals surface area contributed by atoms with Gasteiger partial charge in [0, 0.05) is 11.3 Å². The molecule has 0 aliphatic carbocycles. The van der Waals surface area contributed by atoms with Gasteiger partial charge >= 0.3 is 0 Å². The molecule has 0 fully saturated rings. The van der Waals surface area contributed by atoms with Crippen molar-refractivity contribution in [3.8, 4) is 22.8 Å². The van der Waals surface area contributed by atoms with Crippen molar-refractivity contribution < 1.29 is 14.3 Å². The van der Waals surface area contributed by atoms with Crippen LogP contribution < -0.4 is 15.9 Å². The lowest BCUT2D eigenvalue weighted by Crippen LogP contribution is -2.03. The third kappa shape index (κ3) is 3.80. The predicted molar refractivity (Wildman–Crippen MR) is 112 cm³/mol. The fraction of sp³-hybridized carbons (Fsp3) is 0.0455. The number of benzene rings is 3. The summed E-state index contributed by atoms with van der Waals surface area (Å²) in [6.45, 7) is 0.456. The van der Waals surface area contributed by atoms with E-state index in [1.54, 1.807) is 36.4 Å². The number of rotatable bonds is 4. The average molecular weight is 396 g/mol. The Kier molecular flexibility index (Phi) is 5.57. The molecule has 4 aromatic rings. The molecule has 28 heavy (non-hydrogen) atoms. The molecule has 0 saturated carbocycles. The highest BCUT2D eigenvalue weighted by atomic mass is 35.5. The van der Waals surface area contributed by atoms with Crippen LogP contribution in [0.1, 0.15) is 5.56 Å². The van der Waals surface area contributed by atoms with Gasteiger partial charge in [-0.2, -0.15) is 0 Å². The summed E-state index contributed by atoms with van der Waals surface area (Å²) in [6.07, 6.45) is 0. The largest absolute Gasteiger partial charge is 0.502 e.